The summed E-state index contributed by atoms with van der Waals surface area (Å²) in [6.45, 7) is 1.35. The number of hydrogen-bond acceptors (Lipinski definition) is 5. The number of carbonyl (C=O) groups is 1. The minimum Gasteiger partial charge on any atom is -0.385 e. The largest absolute Gasteiger partial charge is 0.385 e. The Kier molecular flexibility index (Phi) is 8.18. The molecule has 6 nitrogen and oxygen atoms in total. The lowest BCUT2D eigenvalue weighted by molar-refractivity contribution is -0.119. The van der Waals surface area contributed by atoms with Crippen LogP contribution in [0.3, 0.4) is 0 Å². The second kappa shape index (κ2) is 10.8. The normalized spacial score (nSPS) is 14.9. The first kappa shape index (κ1) is 21.1. The van der Waals surface area contributed by atoms with Gasteiger partial charge in [-0.25, -0.2) is 0 Å². The summed E-state index contributed by atoms with van der Waals surface area (Å²) in [6.07, 6.45) is 6.67. The topological polar surface area (TPSA) is 69.0 Å². The molecule has 1 aromatic heterocycles. The van der Waals surface area contributed by atoms with Crippen LogP contribution in [-0.4, -0.2) is 46.2 Å². The molecular formula is C20H27ClN4O2S. The van der Waals surface area contributed by atoms with Gasteiger partial charge in [0, 0.05) is 31.9 Å². The molecule has 1 heterocycles. The summed E-state index contributed by atoms with van der Waals surface area (Å²) in [5, 5.41) is 13.2. The quantitative estimate of drug-likeness (QED) is 0.485. The Morgan fingerprint density at radius 1 is 1.29 bits per heavy atom. The zero-order valence-electron chi connectivity index (χ0n) is 16.2. The fraction of sp³-hybridized carbons (Fsp3) is 0.550. The number of carbonyl (C=O) groups excluding carboxylic acids is 1. The number of benzene rings is 1. The zero-order valence-corrected chi connectivity index (χ0v) is 17.8. The van der Waals surface area contributed by atoms with Crippen molar-refractivity contribution in [1.29, 1.82) is 0 Å². The van der Waals surface area contributed by atoms with Crippen LogP contribution in [0.15, 0.2) is 29.4 Å². The summed E-state index contributed by atoms with van der Waals surface area (Å²) in [6, 6.07) is 7.92. The smallest absolute Gasteiger partial charge is 0.230 e. The van der Waals surface area contributed by atoms with Gasteiger partial charge in [-0.3, -0.25) is 4.79 Å². The highest BCUT2D eigenvalue weighted by Crippen LogP contribution is 2.29. The van der Waals surface area contributed by atoms with Crippen molar-refractivity contribution in [3.8, 4) is 11.4 Å². The van der Waals surface area contributed by atoms with Crippen LogP contribution in [0.25, 0.3) is 11.4 Å². The van der Waals surface area contributed by atoms with E-state index in [0.717, 1.165) is 35.8 Å². The van der Waals surface area contributed by atoms with Crippen LogP contribution in [0.4, 0.5) is 0 Å². The van der Waals surface area contributed by atoms with Gasteiger partial charge in [-0.1, -0.05) is 54.8 Å². The minimum absolute atomic E-state index is 0.0580. The van der Waals surface area contributed by atoms with Gasteiger partial charge in [-0.2, -0.15) is 0 Å². The van der Waals surface area contributed by atoms with Crippen molar-refractivity contribution in [1.82, 2.24) is 20.1 Å². The number of halogens is 1. The number of hydrogen-bond donors (Lipinski definition) is 1. The van der Waals surface area contributed by atoms with E-state index in [0.29, 0.717) is 30.0 Å². The molecule has 0 atom stereocenters. The highest BCUT2D eigenvalue weighted by Gasteiger charge is 2.19. The molecule has 1 saturated carbocycles. The molecule has 1 aliphatic carbocycles. The Morgan fingerprint density at radius 3 is 2.82 bits per heavy atom. The number of ether oxygens (including phenoxy) is 1. The van der Waals surface area contributed by atoms with Crippen LogP contribution in [0, 0.1) is 0 Å². The summed E-state index contributed by atoms with van der Waals surface area (Å²) >= 11 is 7.78. The van der Waals surface area contributed by atoms with Crippen LogP contribution in [0.2, 0.25) is 5.02 Å². The summed E-state index contributed by atoms with van der Waals surface area (Å²) in [5.41, 5.74) is 0.840. The maximum Gasteiger partial charge on any atom is 0.230 e. The van der Waals surface area contributed by atoms with Gasteiger partial charge in [0.15, 0.2) is 11.0 Å². The number of rotatable bonds is 9. The van der Waals surface area contributed by atoms with Crippen molar-refractivity contribution in [3.05, 3.63) is 29.3 Å². The maximum atomic E-state index is 12.4. The molecule has 0 unspecified atom stereocenters. The van der Waals surface area contributed by atoms with Crippen LogP contribution in [0.5, 0.6) is 0 Å². The van der Waals surface area contributed by atoms with Crippen LogP contribution < -0.4 is 5.32 Å². The van der Waals surface area contributed by atoms with E-state index in [1.165, 1.54) is 31.0 Å². The number of nitrogens with one attached hydrogen (secondary N) is 1. The van der Waals surface area contributed by atoms with Gasteiger partial charge in [0.25, 0.3) is 0 Å². The van der Waals surface area contributed by atoms with E-state index in [1.54, 1.807) is 7.11 Å². The number of thioether (sulfide) groups is 1. The van der Waals surface area contributed by atoms with Crippen molar-refractivity contribution < 1.29 is 9.53 Å². The van der Waals surface area contributed by atoms with E-state index in [1.807, 2.05) is 28.8 Å². The van der Waals surface area contributed by atoms with E-state index >= 15 is 0 Å². The van der Waals surface area contributed by atoms with Crippen LogP contribution in [-0.2, 0) is 16.1 Å². The summed E-state index contributed by atoms with van der Waals surface area (Å²) in [4.78, 5) is 12.4. The Morgan fingerprint density at radius 2 is 2.07 bits per heavy atom. The van der Waals surface area contributed by atoms with Crippen molar-refractivity contribution in [3.63, 3.8) is 0 Å². The molecule has 3 rings (SSSR count). The standard InChI is InChI=1S/C20H27ClN4O2S/c1-27-13-7-12-25-19(16-10-5-6-11-17(16)21)23-24-20(25)28-14-18(26)22-15-8-3-2-4-9-15/h5-6,10-11,15H,2-4,7-9,12-14H2,1H3,(H,22,26). The molecular weight excluding hydrogens is 396 g/mol. The fourth-order valence-electron chi connectivity index (χ4n) is 3.45. The molecule has 0 radical (unpaired) electrons. The fourth-order valence-corrected chi connectivity index (χ4v) is 4.45. The van der Waals surface area contributed by atoms with E-state index in [-0.39, 0.29) is 5.91 Å². The first-order chi connectivity index (χ1) is 13.7. The molecule has 0 saturated heterocycles. The SMILES string of the molecule is COCCCn1c(SCC(=O)NC2CCCCC2)nnc1-c1ccccc1Cl. The Balaban J connectivity index is 1.69. The molecule has 1 fully saturated rings. The van der Waals surface area contributed by atoms with E-state index in [2.05, 4.69) is 15.5 Å². The molecule has 0 spiro atoms. The molecule has 152 valence electrons. The molecule has 1 aliphatic rings. The molecule has 1 aromatic carbocycles. The maximum absolute atomic E-state index is 12.4. The third kappa shape index (κ3) is 5.72. The third-order valence-electron chi connectivity index (χ3n) is 4.86. The lowest BCUT2D eigenvalue weighted by Gasteiger charge is -2.22. The van der Waals surface area contributed by atoms with Crippen LogP contribution in [0.1, 0.15) is 38.5 Å². The number of aromatic nitrogens is 3. The first-order valence-electron chi connectivity index (χ1n) is 9.78. The van der Waals surface area contributed by atoms with Crippen molar-refractivity contribution in [2.45, 2.75) is 56.3 Å². The summed E-state index contributed by atoms with van der Waals surface area (Å²) in [5.74, 6) is 1.11. The lowest BCUT2D eigenvalue weighted by Crippen LogP contribution is -2.37. The van der Waals surface area contributed by atoms with Gasteiger partial charge < -0.3 is 14.6 Å². The highest BCUT2D eigenvalue weighted by molar-refractivity contribution is 7.99. The predicted octanol–water partition coefficient (Wildman–Crippen LogP) is 4.18. The van der Waals surface area contributed by atoms with Crippen molar-refractivity contribution in [2.24, 2.45) is 0 Å². The first-order valence-corrected chi connectivity index (χ1v) is 11.1. The lowest BCUT2D eigenvalue weighted by atomic mass is 9.95. The second-order valence-electron chi connectivity index (χ2n) is 6.98. The zero-order chi connectivity index (χ0) is 19.8. The average molecular weight is 423 g/mol. The molecule has 2 aromatic rings. The molecule has 1 N–H and O–H groups in total. The van der Waals surface area contributed by atoms with E-state index < -0.39 is 0 Å². The van der Waals surface area contributed by atoms with Crippen molar-refractivity contribution >= 4 is 29.3 Å². The second-order valence-corrected chi connectivity index (χ2v) is 8.32. The molecule has 8 heteroatoms. The Hall–Kier alpha value is -1.57. The van der Waals surface area contributed by atoms with Crippen LogP contribution >= 0.6 is 23.4 Å². The molecule has 1 amide bonds. The van der Waals surface area contributed by atoms with E-state index in [4.69, 9.17) is 16.3 Å². The third-order valence-corrected chi connectivity index (χ3v) is 6.16. The molecule has 0 bridgehead atoms. The summed E-state index contributed by atoms with van der Waals surface area (Å²) < 4.78 is 7.21. The van der Waals surface area contributed by atoms with Gasteiger partial charge in [0.1, 0.15) is 0 Å². The number of amides is 1. The predicted molar refractivity (Wildman–Crippen MR) is 113 cm³/mol. The minimum atomic E-state index is 0.0580. The summed E-state index contributed by atoms with van der Waals surface area (Å²) in [7, 11) is 1.69. The van der Waals surface area contributed by atoms with E-state index in [9.17, 15) is 4.79 Å². The Labute approximate surface area is 175 Å². The number of nitrogens with zero attached hydrogens (tertiary/aromatic N) is 3. The van der Waals surface area contributed by atoms with Gasteiger partial charge in [-0.05, 0) is 31.4 Å². The average Bonchev–Trinajstić information content (AvgIpc) is 3.10. The van der Waals surface area contributed by atoms with Crippen molar-refractivity contribution in [2.75, 3.05) is 19.5 Å². The highest BCUT2D eigenvalue weighted by atomic mass is 35.5. The van der Waals surface area contributed by atoms with Gasteiger partial charge in [-0.15, -0.1) is 10.2 Å². The molecule has 0 aliphatic heterocycles. The molecule has 28 heavy (non-hydrogen) atoms. The van der Waals surface area contributed by atoms with Gasteiger partial charge in [0.05, 0.1) is 10.8 Å². The monoisotopic (exact) mass is 422 g/mol. The van der Waals surface area contributed by atoms with Gasteiger partial charge in [0.2, 0.25) is 5.91 Å². The number of methoxy groups -OCH3 is 1. The van der Waals surface area contributed by atoms with Gasteiger partial charge >= 0.3 is 0 Å². The Bertz CT molecular complexity index is 777.